The maximum Gasteiger partial charge on any atom is 0.223 e. The van der Waals surface area contributed by atoms with Gasteiger partial charge in [-0.1, -0.05) is 25.5 Å². The molecule has 27 heavy (non-hydrogen) atoms. The van der Waals surface area contributed by atoms with Gasteiger partial charge < -0.3 is 4.90 Å². The molecule has 1 aromatic heterocycles. The molecule has 5 rings (SSSR count). The summed E-state index contributed by atoms with van der Waals surface area (Å²) in [5.74, 6) is 1.72. The average molecular weight is 367 g/mol. The van der Waals surface area contributed by atoms with Crippen molar-refractivity contribution in [1.82, 2.24) is 20.0 Å². The molecule has 0 radical (unpaired) electrons. The minimum Gasteiger partial charge on any atom is -0.336 e. The lowest BCUT2D eigenvalue weighted by atomic mass is 9.71. The zero-order valence-corrected chi connectivity index (χ0v) is 16.2. The Morgan fingerprint density at radius 1 is 1.26 bits per heavy atom. The maximum atomic E-state index is 12.7. The van der Waals surface area contributed by atoms with E-state index in [0.29, 0.717) is 29.8 Å². The molecular formula is C22H30N4O. The number of hydrogen-bond donors (Lipinski definition) is 1. The number of benzene rings is 1. The highest BCUT2D eigenvalue weighted by molar-refractivity contribution is 5.78. The standard InChI is InChI=1S/C22H30N4O/c1-2-4-20-17-10-18(21-5-3-6-22(27)26(20)21)14-25(13-17)12-15-7-8-16-11-23-24-19(16)9-15/h7-9,11,17-18,20-21H,2-6,10,12-14H2,1H3,(H,23,24)/t17-,18+,20-,21-/m0/s1. The summed E-state index contributed by atoms with van der Waals surface area (Å²) in [6.07, 6.45) is 8.58. The molecule has 3 aliphatic rings. The number of aromatic nitrogens is 2. The highest BCUT2D eigenvalue weighted by Gasteiger charge is 2.48. The van der Waals surface area contributed by atoms with E-state index in [1.54, 1.807) is 0 Å². The zero-order valence-electron chi connectivity index (χ0n) is 16.2. The topological polar surface area (TPSA) is 52.2 Å². The van der Waals surface area contributed by atoms with Crippen molar-refractivity contribution in [1.29, 1.82) is 0 Å². The molecule has 0 aliphatic carbocycles. The minimum absolute atomic E-state index is 0.428. The molecule has 1 N–H and O–H groups in total. The molecule has 4 heterocycles. The van der Waals surface area contributed by atoms with Crippen LogP contribution in [-0.4, -0.2) is 51.1 Å². The summed E-state index contributed by atoms with van der Waals surface area (Å²) in [6, 6.07) is 7.59. The van der Waals surface area contributed by atoms with E-state index in [9.17, 15) is 4.79 Å². The lowest BCUT2D eigenvalue weighted by Gasteiger charge is -2.57. The quantitative estimate of drug-likeness (QED) is 0.900. The van der Waals surface area contributed by atoms with Gasteiger partial charge in [-0.25, -0.2) is 0 Å². The number of H-pyrrole nitrogens is 1. The van der Waals surface area contributed by atoms with Gasteiger partial charge in [-0.15, -0.1) is 0 Å². The van der Waals surface area contributed by atoms with E-state index in [2.05, 4.69) is 45.1 Å². The van der Waals surface area contributed by atoms with Crippen LogP contribution in [0.4, 0.5) is 0 Å². The van der Waals surface area contributed by atoms with Gasteiger partial charge in [0.2, 0.25) is 5.91 Å². The molecule has 0 spiro atoms. The summed E-state index contributed by atoms with van der Waals surface area (Å²) < 4.78 is 0. The molecule has 5 heteroatoms. The number of amides is 1. The first-order valence-electron chi connectivity index (χ1n) is 10.7. The first-order chi connectivity index (χ1) is 13.2. The summed E-state index contributed by atoms with van der Waals surface area (Å²) in [7, 11) is 0. The zero-order chi connectivity index (χ0) is 18.4. The third-order valence-corrected chi connectivity index (χ3v) is 7.07. The van der Waals surface area contributed by atoms with Gasteiger partial charge >= 0.3 is 0 Å². The molecule has 3 aliphatic heterocycles. The van der Waals surface area contributed by atoms with Crippen molar-refractivity contribution in [2.75, 3.05) is 13.1 Å². The van der Waals surface area contributed by atoms with Crippen molar-refractivity contribution in [3.63, 3.8) is 0 Å². The summed E-state index contributed by atoms with van der Waals surface area (Å²) in [4.78, 5) is 17.7. The monoisotopic (exact) mass is 366 g/mol. The fourth-order valence-electron chi connectivity index (χ4n) is 6.01. The summed E-state index contributed by atoms with van der Waals surface area (Å²) in [6.45, 7) is 5.51. The van der Waals surface area contributed by atoms with Crippen LogP contribution in [0, 0.1) is 11.8 Å². The molecule has 3 saturated heterocycles. The summed E-state index contributed by atoms with van der Waals surface area (Å²) in [5.41, 5.74) is 2.48. The van der Waals surface area contributed by atoms with Crippen LogP contribution in [0.5, 0.6) is 0 Å². The highest BCUT2D eigenvalue weighted by Crippen LogP contribution is 2.43. The van der Waals surface area contributed by atoms with Gasteiger partial charge in [0.05, 0.1) is 11.7 Å². The number of piperidine rings is 3. The minimum atomic E-state index is 0.428. The lowest BCUT2D eigenvalue weighted by Crippen LogP contribution is -2.64. The van der Waals surface area contributed by atoms with E-state index in [0.717, 1.165) is 44.4 Å². The second kappa shape index (κ2) is 6.93. The van der Waals surface area contributed by atoms with Gasteiger partial charge in [0.25, 0.3) is 0 Å². The molecule has 1 amide bonds. The summed E-state index contributed by atoms with van der Waals surface area (Å²) >= 11 is 0. The second-order valence-electron chi connectivity index (χ2n) is 8.86. The van der Waals surface area contributed by atoms with Crippen LogP contribution >= 0.6 is 0 Å². The average Bonchev–Trinajstić information content (AvgIpc) is 3.13. The van der Waals surface area contributed by atoms with Crippen molar-refractivity contribution < 1.29 is 4.79 Å². The van der Waals surface area contributed by atoms with Crippen LogP contribution in [0.3, 0.4) is 0 Å². The number of likely N-dealkylation sites (tertiary alicyclic amines) is 1. The summed E-state index contributed by atoms with van der Waals surface area (Å²) in [5, 5.41) is 8.41. The molecule has 2 aromatic rings. The molecule has 1 aromatic carbocycles. The Kier molecular flexibility index (Phi) is 4.43. The van der Waals surface area contributed by atoms with Crippen molar-refractivity contribution in [3.05, 3.63) is 30.0 Å². The highest BCUT2D eigenvalue weighted by atomic mass is 16.2. The molecular weight excluding hydrogens is 336 g/mol. The van der Waals surface area contributed by atoms with Gasteiger partial charge in [0.1, 0.15) is 0 Å². The Labute approximate surface area is 161 Å². The first kappa shape index (κ1) is 17.2. The molecule has 5 nitrogen and oxygen atoms in total. The second-order valence-corrected chi connectivity index (χ2v) is 8.86. The smallest absolute Gasteiger partial charge is 0.223 e. The predicted molar refractivity (Wildman–Crippen MR) is 106 cm³/mol. The predicted octanol–water partition coefficient (Wildman–Crippen LogP) is 3.56. The van der Waals surface area contributed by atoms with Crippen molar-refractivity contribution in [2.24, 2.45) is 11.8 Å². The Morgan fingerprint density at radius 3 is 3.04 bits per heavy atom. The molecule has 144 valence electrons. The van der Waals surface area contributed by atoms with Crippen LogP contribution in [0.15, 0.2) is 24.4 Å². The molecule has 3 fully saturated rings. The third-order valence-electron chi connectivity index (χ3n) is 7.07. The van der Waals surface area contributed by atoms with E-state index in [4.69, 9.17) is 0 Å². The molecule has 0 saturated carbocycles. The van der Waals surface area contributed by atoms with Gasteiger partial charge in [0.15, 0.2) is 0 Å². The van der Waals surface area contributed by atoms with E-state index in [-0.39, 0.29) is 0 Å². The van der Waals surface area contributed by atoms with E-state index < -0.39 is 0 Å². The number of aromatic amines is 1. The Hall–Kier alpha value is -1.88. The van der Waals surface area contributed by atoms with Gasteiger partial charge in [-0.2, -0.15) is 5.10 Å². The van der Waals surface area contributed by atoms with Crippen LogP contribution in [0.1, 0.15) is 51.0 Å². The fourth-order valence-corrected chi connectivity index (χ4v) is 6.01. The molecule has 0 unspecified atom stereocenters. The fraction of sp³-hybridized carbons (Fsp3) is 0.636. The SMILES string of the molecule is CCC[C@H]1[C@H]2C[C@H](CN(Cc3ccc4cn[nH]c4c3)C2)[C@@H]2CCCC(=O)N21. The maximum absolute atomic E-state index is 12.7. The first-order valence-corrected chi connectivity index (χ1v) is 10.7. The van der Waals surface area contributed by atoms with Crippen LogP contribution < -0.4 is 0 Å². The molecule has 2 bridgehead atoms. The van der Waals surface area contributed by atoms with Gasteiger partial charge in [0, 0.05) is 43.5 Å². The largest absolute Gasteiger partial charge is 0.336 e. The van der Waals surface area contributed by atoms with Crippen molar-refractivity contribution in [3.8, 4) is 0 Å². The van der Waals surface area contributed by atoms with Crippen molar-refractivity contribution in [2.45, 2.75) is 64.1 Å². The Morgan fingerprint density at radius 2 is 2.15 bits per heavy atom. The van der Waals surface area contributed by atoms with E-state index in [1.165, 1.54) is 30.2 Å². The number of hydrogen-bond acceptors (Lipinski definition) is 3. The van der Waals surface area contributed by atoms with Crippen LogP contribution in [0.2, 0.25) is 0 Å². The number of nitrogens with zero attached hydrogens (tertiary/aromatic N) is 3. The molecule has 4 atom stereocenters. The van der Waals surface area contributed by atoms with Crippen molar-refractivity contribution >= 4 is 16.8 Å². The number of carbonyl (C=O) groups excluding carboxylic acids is 1. The number of carbonyl (C=O) groups is 1. The number of rotatable bonds is 4. The lowest BCUT2D eigenvalue weighted by molar-refractivity contribution is -0.153. The Bertz CT molecular complexity index is 831. The van der Waals surface area contributed by atoms with Gasteiger partial charge in [-0.05, 0) is 49.1 Å². The van der Waals surface area contributed by atoms with Gasteiger partial charge in [-0.3, -0.25) is 14.8 Å². The number of fused-ring (bicyclic) bond motifs is 5. The van der Waals surface area contributed by atoms with E-state index in [1.807, 2.05) is 6.20 Å². The van der Waals surface area contributed by atoms with E-state index >= 15 is 0 Å². The van der Waals surface area contributed by atoms with Crippen LogP contribution in [0.25, 0.3) is 10.9 Å². The Balaban J connectivity index is 1.37. The third kappa shape index (κ3) is 3.06. The van der Waals surface area contributed by atoms with Crippen LogP contribution in [-0.2, 0) is 11.3 Å². The normalized spacial score (nSPS) is 31.3. The number of nitrogens with one attached hydrogen (secondary N) is 1.